The number of hydrogen-bond acceptors (Lipinski definition) is 3. The summed E-state index contributed by atoms with van der Waals surface area (Å²) >= 11 is 1.70. The van der Waals surface area contributed by atoms with E-state index in [9.17, 15) is 9.90 Å². The summed E-state index contributed by atoms with van der Waals surface area (Å²) in [5.74, 6) is 0.255. The minimum absolute atomic E-state index is 0.0382. The van der Waals surface area contributed by atoms with Gasteiger partial charge in [-0.05, 0) is 48.9 Å². The van der Waals surface area contributed by atoms with Crippen LogP contribution in [0.4, 0.5) is 4.79 Å². The number of thiophene rings is 1. The van der Waals surface area contributed by atoms with E-state index in [-0.39, 0.29) is 17.8 Å². The van der Waals surface area contributed by atoms with Crippen LogP contribution in [0.2, 0.25) is 0 Å². The van der Waals surface area contributed by atoms with Crippen molar-refractivity contribution in [3.63, 3.8) is 0 Å². The normalized spacial score (nSPS) is 11.9. The predicted octanol–water partition coefficient (Wildman–Crippen LogP) is 2.93. The molecule has 1 aromatic heterocycles. The van der Waals surface area contributed by atoms with Crippen molar-refractivity contribution in [3.05, 3.63) is 52.2 Å². The minimum Gasteiger partial charge on any atom is -0.508 e. The van der Waals surface area contributed by atoms with Crippen LogP contribution in [0, 0.1) is 0 Å². The molecule has 0 saturated heterocycles. The molecule has 0 spiro atoms. The molecule has 0 saturated carbocycles. The Morgan fingerprint density at radius 1 is 1.29 bits per heavy atom. The van der Waals surface area contributed by atoms with Crippen LogP contribution in [-0.4, -0.2) is 23.7 Å². The number of amides is 2. The SMILES string of the molecule is C[C@@H](Cc1ccc(O)cc1)NC(=O)NCCc1cccs1. The highest BCUT2D eigenvalue weighted by atomic mass is 32.1. The molecule has 1 aromatic carbocycles. The molecule has 2 aromatic rings. The van der Waals surface area contributed by atoms with Gasteiger partial charge >= 0.3 is 6.03 Å². The van der Waals surface area contributed by atoms with Gasteiger partial charge in [0.05, 0.1) is 0 Å². The summed E-state index contributed by atoms with van der Waals surface area (Å²) in [6.45, 7) is 2.60. The number of hydrogen-bond donors (Lipinski definition) is 3. The zero-order chi connectivity index (χ0) is 15.1. The second-order valence-electron chi connectivity index (χ2n) is 5.00. The van der Waals surface area contributed by atoms with Gasteiger partial charge in [-0.15, -0.1) is 11.3 Å². The lowest BCUT2D eigenvalue weighted by atomic mass is 10.1. The van der Waals surface area contributed by atoms with Crippen LogP contribution in [0.15, 0.2) is 41.8 Å². The lowest BCUT2D eigenvalue weighted by Gasteiger charge is -2.14. The van der Waals surface area contributed by atoms with E-state index >= 15 is 0 Å². The Hall–Kier alpha value is -2.01. The standard InChI is InChI=1S/C16H20N2O2S/c1-12(11-13-4-6-14(19)7-5-13)18-16(20)17-9-8-15-3-2-10-21-15/h2-7,10,12,19H,8-9,11H2,1H3,(H2,17,18,20)/t12-/m0/s1. The number of phenols is 1. The van der Waals surface area contributed by atoms with Gasteiger partial charge in [0.1, 0.15) is 5.75 Å². The molecule has 0 aliphatic heterocycles. The van der Waals surface area contributed by atoms with Gasteiger partial charge in [-0.2, -0.15) is 0 Å². The largest absolute Gasteiger partial charge is 0.508 e. The fourth-order valence-electron chi connectivity index (χ4n) is 2.07. The summed E-state index contributed by atoms with van der Waals surface area (Å²) in [4.78, 5) is 13.0. The van der Waals surface area contributed by atoms with E-state index in [0.29, 0.717) is 6.54 Å². The summed E-state index contributed by atoms with van der Waals surface area (Å²) in [6.07, 6.45) is 1.59. The Kier molecular flexibility index (Phi) is 5.63. The van der Waals surface area contributed by atoms with Crippen molar-refractivity contribution in [2.45, 2.75) is 25.8 Å². The minimum atomic E-state index is -0.141. The van der Waals surface area contributed by atoms with Gasteiger partial charge in [-0.3, -0.25) is 0 Å². The highest BCUT2D eigenvalue weighted by Gasteiger charge is 2.07. The molecule has 3 N–H and O–H groups in total. The fraction of sp³-hybridized carbons (Fsp3) is 0.312. The van der Waals surface area contributed by atoms with E-state index in [1.54, 1.807) is 23.5 Å². The topological polar surface area (TPSA) is 61.4 Å². The van der Waals surface area contributed by atoms with Crippen molar-refractivity contribution in [3.8, 4) is 5.75 Å². The lowest BCUT2D eigenvalue weighted by molar-refractivity contribution is 0.238. The quantitative estimate of drug-likeness (QED) is 0.768. The molecule has 2 rings (SSSR count). The van der Waals surface area contributed by atoms with E-state index in [2.05, 4.69) is 16.7 Å². The molecular weight excluding hydrogens is 284 g/mol. The van der Waals surface area contributed by atoms with E-state index in [0.717, 1.165) is 18.4 Å². The maximum Gasteiger partial charge on any atom is 0.315 e. The highest BCUT2D eigenvalue weighted by molar-refractivity contribution is 7.09. The number of rotatable bonds is 6. The Morgan fingerprint density at radius 3 is 2.71 bits per heavy atom. The van der Waals surface area contributed by atoms with Crippen LogP contribution in [0.25, 0.3) is 0 Å². The molecule has 5 heteroatoms. The number of carbonyl (C=O) groups excluding carboxylic acids is 1. The van der Waals surface area contributed by atoms with Crippen LogP contribution in [-0.2, 0) is 12.8 Å². The van der Waals surface area contributed by atoms with Gasteiger partial charge in [-0.25, -0.2) is 4.79 Å². The molecule has 1 heterocycles. The third-order valence-corrected chi connectivity index (χ3v) is 4.03. The monoisotopic (exact) mass is 304 g/mol. The smallest absolute Gasteiger partial charge is 0.315 e. The van der Waals surface area contributed by atoms with Crippen LogP contribution in [0.5, 0.6) is 5.75 Å². The second-order valence-corrected chi connectivity index (χ2v) is 6.03. The summed E-state index contributed by atoms with van der Waals surface area (Å²) in [5, 5.41) is 17.0. The van der Waals surface area contributed by atoms with E-state index < -0.39 is 0 Å². The van der Waals surface area contributed by atoms with Crippen LogP contribution in [0.1, 0.15) is 17.4 Å². The number of aromatic hydroxyl groups is 1. The molecule has 112 valence electrons. The fourth-order valence-corrected chi connectivity index (χ4v) is 2.77. The molecule has 1 atom stereocenters. The Bertz CT molecular complexity index is 552. The second kappa shape index (κ2) is 7.69. The van der Waals surface area contributed by atoms with Crippen molar-refractivity contribution in [2.75, 3.05) is 6.54 Å². The summed E-state index contributed by atoms with van der Waals surface area (Å²) in [5.41, 5.74) is 1.08. The number of carbonyl (C=O) groups is 1. The first-order valence-electron chi connectivity index (χ1n) is 6.98. The molecule has 2 amide bonds. The van der Waals surface area contributed by atoms with E-state index in [4.69, 9.17) is 0 Å². The number of urea groups is 1. The van der Waals surface area contributed by atoms with E-state index in [1.807, 2.05) is 30.5 Å². The van der Waals surface area contributed by atoms with Crippen LogP contribution >= 0.6 is 11.3 Å². The molecule has 4 nitrogen and oxygen atoms in total. The van der Waals surface area contributed by atoms with Gasteiger partial charge < -0.3 is 15.7 Å². The first-order valence-corrected chi connectivity index (χ1v) is 7.86. The van der Waals surface area contributed by atoms with Gasteiger partial charge in [0.2, 0.25) is 0 Å². The number of phenolic OH excluding ortho intramolecular Hbond substituents is 1. The van der Waals surface area contributed by atoms with Crippen molar-refractivity contribution in [1.82, 2.24) is 10.6 Å². The maximum absolute atomic E-state index is 11.8. The van der Waals surface area contributed by atoms with Crippen molar-refractivity contribution in [2.24, 2.45) is 0 Å². The lowest BCUT2D eigenvalue weighted by Crippen LogP contribution is -2.42. The van der Waals surface area contributed by atoms with Crippen molar-refractivity contribution in [1.29, 1.82) is 0 Å². The average molecular weight is 304 g/mol. The zero-order valence-electron chi connectivity index (χ0n) is 12.0. The molecule has 0 unspecified atom stereocenters. The van der Waals surface area contributed by atoms with Crippen molar-refractivity contribution >= 4 is 17.4 Å². The Morgan fingerprint density at radius 2 is 2.05 bits per heavy atom. The number of nitrogens with one attached hydrogen (secondary N) is 2. The Balaban J connectivity index is 1.68. The molecule has 0 bridgehead atoms. The number of benzene rings is 1. The maximum atomic E-state index is 11.8. The van der Waals surface area contributed by atoms with Crippen LogP contribution < -0.4 is 10.6 Å². The molecule has 0 aliphatic carbocycles. The van der Waals surface area contributed by atoms with E-state index in [1.165, 1.54) is 4.88 Å². The highest BCUT2D eigenvalue weighted by Crippen LogP contribution is 2.11. The summed E-state index contributed by atoms with van der Waals surface area (Å²) in [7, 11) is 0. The molecule has 0 fully saturated rings. The molecule has 21 heavy (non-hydrogen) atoms. The first-order chi connectivity index (χ1) is 10.1. The van der Waals surface area contributed by atoms with Gasteiger partial charge in [0.25, 0.3) is 0 Å². The molecule has 0 aliphatic rings. The van der Waals surface area contributed by atoms with Gasteiger partial charge in [-0.1, -0.05) is 18.2 Å². The van der Waals surface area contributed by atoms with Crippen LogP contribution in [0.3, 0.4) is 0 Å². The Labute approximate surface area is 128 Å². The first kappa shape index (κ1) is 15.4. The third-order valence-electron chi connectivity index (χ3n) is 3.09. The summed E-state index contributed by atoms with van der Waals surface area (Å²) in [6, 6.07) is 11.0. The zero-order valence-corrected chi connectivity index (χ0v) is 12.8. The predicted molar refractivity (Wildman–Crippen MR) is 85.8 cm³/mol. The average Bonchev–Trinajstić information content (AvgIpc) is 2.94. The van der Waals surface area contributed by atoms with Crippen molar-refractivity contribution < 1.29 is 9.90 Å². The van der Waals surface area contributed by atoms with Gasteiger partial charge in [0, 0.05) is 17.5 Å². The van der Waals surface area contributed by atoms with Gasteiger partial charge in [0.15, 0.2) is 0 Å². The third kappa shape index (κ3) is 5.47. The summed E-state index contributed by atoms with van der Waals surface area (Å²) < 4.78 is 0. The molecular formula is C16H20N2O2S. The molecule has 0 radical (unpaired) electrons.